The first kappa shape index (κ1) is 24.2. The summed E-state index contributed by atoms with van der Waals surface area (Å²) in [6.45, 7) is 0. The number of nitrogens with zero attached hydrogens (tertiary/aromatic N) is 1. The standard InChI is InChI=1S/C40H27NO/c1-4-13-28(14-5-1)30-17-12-20-32(25-30)41(31-18-8-3-9-19-31)33-23-24-34-37(26-33)36(29-15-6-2-7-16-29)27-39-40(34)35-21-10-11-22-38(35)42-39/h1-27H. The molecule has 42 heavy (non-hydrogen) atoms. The normalized spacial score (nSPS) is 11.3. The fourth-order valence-corrected chi connectivity index (χ4v) is 6.10. The van der Waals surface area contributed by atoms with E-state index in [2.05, 4.69) is 163 Å². The highest BCUT2D eigenvalue weighted by molar-refractivity contribution is 6.22. The molecule has 1 heterocycles. The molecule has 0 fully saturated rings. The van der Waals surface area contributed by atoms with Crippen LogP contribution in [0.25, 0.3) is 55.0 Å². The second kappa shape index (κ2) is 10.1. The van der Waals surface area contributed by atoms with E-state index in [1.54, 1.807) is 0 Å². The number of furan rings is 1. The van der Waals surface area contributed by atoms with Crippen LogP contribution >= 0.6 is 0 Å². The summed E-state index contributed by atoms with van der Waals surface area (Å²) in [5.41, 5.74) is 9.85. The maximum Gasteiger partial charge on any atom is 0.136 e. The molecule has 7 aromatic carbocycles. The number of benzene rings is 7. The Bertz CT molecular complexity index is 2180. The number of para-hydroxylation sites is 2. The van der Waals surface area contributed by atoms with Crippen LogP contribution in [0.15, 0.2) is 168 Å². The van der Waals surface area contributed by atoms with E-state index in [4.69, 9.17) is 4.42 Å². The average Bonchev–Trinajstić information content (AvgIpc) is 3.45. The molecule has 0 saturated carbocycles. The molecule has 8 rings (SSSR count). The Morgan fingerprint density at radius 1 is 0.357 bits per heavy atom. The average molecular weight is 538 g/mol. The molecule has 198 valence electrons. The number of hydrogen-bond donors (Lipinski definition) is 0. The third kappa shape index (κ3) is 4.13. The van der Waals surface area contributed by atoms with Crippen molar-refractivity contribution >= 4 is 49.8 Å². The second-order valence-corrected chi connectivity index (χ2v) is 10.6. The van der Waals surface area contributed by atoms with Crippen LogP contribution in [0.2, 0.25) is 0 Å². The van der Waals surface area contributed by atoms with Crippen molar-refractivity contribution in [3.8, 4) is 22.3 Å². The lowest BCUT2D eigenvalue weighted by atomic mass is 9.94. The van der Waals surface area contributed by atoms with E-state index >= 15 is 0 Å². The van der Waals surface area contributed by atoms with Gasteiger partial charge in [-0.05, 0) is 81.6 Å². The van der Waals surface area contributed by atoms with Crippen LogP contribution in [0.1, 0.15) is 0 Å². The molecule has 0 atom stereocenters. The van der Waals surface area contributed by atoms with Gasteiger partial charge in [0.2, 0.25) is 0 Å². The molecule has 0 bridgehead atoms. The van der Waals surface area contributed by atoms with Crippen LogP contribution in [0.4, 0.5) is 17.1 Å². The van der Waals surface area contributed by atoms with Gasteiger partial charge in [0.25, 0.3) is 0 Å². The lowest BCUT2D eigenvalue weighted by Gasteiger charge is -2.26. The highest BCUT2D eigenvalue weighted by Gasteiger charge is 2.18. The van der Waals surface area contributed by atoms with Crippen LogP contribution < -0.4 is 4.90 Å². The minimum atomic E-state index is 0.908. The molecular formula is C40H27NO. The molecule has 0 spiro atoms. The predicted molar refractivity (Wildman–Crippen MR) is 177 cm³/mol. The molecule has 0 aliphatic carbocycles. The zero-order chi connectivity index (χ0) is 27.9. The van der Waals surface area contributed by atoms with E-state index in [9.17, 15) is 0 Å². The van der Waals surface area contributed by atoms with Crippen LogP contribution in [-0.2, 0) is 0 Å². The first-order valence-corrected chi connectivity index (χ1v) is 14.3. The quantitative estimate of drug-likeness (QED) is 0.217. The zero-order valence-corrected chi connectivity index (χ0v) is 22.9. The molecule has 1 aromatic heterocycles. The highest BCUT2D eigenvalue weighted by Crippen LogP contribution is 2.43. The van der Waals surface area contributed by atoms with Crippen molar-refractivity contribution in [1.29, 1.82) is 0 Å². The van der Waals surface area contributed by atoms with E-state index < -0.39 is 0 Å². The van der Waals surface area contributed by atoms with Gasteiger partial charge in [0.15, 0.2) is 0 Å². The molecule has 2 nitrogen and oxygen atoms in total. The van der Waals surface area contributed by atoms with Crippen molar-refractivity contribution < 1.29 is 4.42 Å². The van der Waals surface area contributed by atoms with E-state index in [1.807, 2.05) is 6.07 Å². The van der Waals surface area contributed by atoms with Gasteiger partial charge in [-0.2, -0.15) is 0 Å². The Morgan fingerprint density at radius 3 is 1.76 bits per heavy atom. The number of anilines is 3. The van der Waals surface area contributed by atoms with E-state index in [1.165, 1.54) is 27.5 Å². The Hall–Kier alpha value is -5.60. The minimum Gasteiger partial charge on any atom is -0.456 e. The van der Waals surface area contributed by atoms with Crippen LogP contribution in [0.3, 0.4) is 0 Å². The Kier molecular flexibility index (Phi) is 5.82. The van der Waals surface area contributed by atoms with Gasteiger partial charge < -0.3 is 9.32 Å². The van der Waals surface area contributed by atoms with E-state index in [0.717, 1.165) is 44.6 Å². The molecular weight excluding hydrogens is 510 g/mol. The monoisotopic (exact) mass is 537 g/mol. The zero-order valence-electron chi connectivity index (χ0n) is 22.9. The largest absolute Gasteiger partial charge is 0.456 e. The first-order valence-electron chi connectivity index (χ1n) is 14.3. The van der Waals surface area contributed by atoms with Gasteiger partial charge in [0.1, 0.15) is 11.2 Å². The lowest BCUT2D eigenvalue weighted by Crippen LogP contribution is -2.10. The van der Waals surface area contributed by atoms with Crippen molar-refractivity contribution in [1.82, 2.24) is 0 Å². The van der Waals surface area contributed by atoms with Gasteiger partial charge in [0.05, 0.1) is 0 Å². The summed E-state index contributed by atoms with van der Waals surface area (Å²) in [7, 11) is 0. The van der Waals surface area contributed by atoms with Gasteiger partial charge in [-0.15, -0.1) is 0 Å². The summed E-state index contributed by atoms with van der Waals surface area (Å²) in [4.78, 5) is 2.35. The van der Waals surface area contributed by atoms with Crippen molar-refractivity contribution in [3.63, 3.8) is 0 Å². The molecule has 2 heteroatoms. The van der Waals surface area contributed by atoms with E-state index in [0.29, 0.717) is 0 Å². The highest BCUT2D eigenvalue weighted by atomic mass is 16.3. The van der Waals surface area contributed by atoms with Gasteiger partial charge in [-0.3, -0.25) is 0 Å². The second-order valence-electron chi connectivity index (χ2n) is 10.6. The topological polar surface area (TPSA) is 16.4 Å². The van der Waals surface area contributed by atoms with Crippen molar-refractivity contribution in [2.45, 2.75) is 0 Å². The van der Waals surface area contributed by atoms with Gasteiger partial charge in [-0.1, -0.05) is 115 Å². The van der Waals surface area contributed by atoms with Crippen molar-refractivity contribution in [2.75, 3.05) is 4.90 Å². The molecule has 0 aliphatic heterocycles. The third-order valence-electron chi connectivity index (χ3n) is 8.03. The van der Waals surface area contributed by atoms with E-state index in [-0.39, 0.29) is 0 Å². The summed E-state index contributed by atoms with van der Waals surface area (Å²) >= 11 is 0. The molecule has 0 aliphatic rings. The van der Waals surface area contributed by atoms with Gasteiger partial charge in [-0.25, -0.2) is 0 Å². The van der Waals surface area contributed by atoms with Crippen LogP contribution in [0.5, 0.6) is 0 Å². The van der Waals surface area contributed by atoms with Crippen molar-refractivity contribution in [2.24, 2.45) is 0 Å². The Balaban J connectivity index is 1.40. The first-order chi connectivity index (χ1) is 20.8. The maximum atomic E-state index is 6.38. The molecule has 0 N–H and O–H groups in total. The summed E-state index contributed by atoms with van der Waals surface area (Å²) in [5, 5.41) is 4.67. The molecule has 0 unspecified atom stereocenters. The number of hydrogen-bond acceptors (Lipinski definition) is 2. The predicted octanol–water partition coefficient (Wildman–Crippen LogP) is 11.5. The SMILES string of the molecule is c1ccc(-c2cccc(N(c3ccccc3)c3ccc4c(c3)c(-c3ccccc3)cc3oc5ccccc5c34)c2)cc1. The van der Waals surface area contributed by atoms with Crippen LogP contribution in [-0.4, -0.2) is 0 Å². The number of rotatable bonds is 5. The summed E-state index contributed by atoms with van der Waals surface area (Å²) in [5.74, 6) is 0. The lowest BCUT2D eigenvalue weighted by molar-refractivity contribution is 0.669. The Labute approximate surface area is 244 Å². The maximum absolute atomic E-state index is 6.38. The van der Waals surface area contributed by atoms with Crippen LogP contribution in [0, 0.1) is 0 Å². The van der Waals surface area contributed by atoms with Crippen molar-refractivity contribution in [3.05, 3.63) is 164 Å². The molecule has 0 saturated heterocycles. The molecule has 8 aromatic rings. The summed E-state index contributed by atoms with van der Waals surface area (Å²) in [6, 6.07) is 57.9. The minimum absolute atomic E-state index is 0.908. The van der Waals surface area contributed by atoms with Gasteiger partial charge >= 0.3 is 0 Å². The summed E-state index contributed by atoms with van der Waals surface area (Å²) < 4.78 is 6.38. The van der Waals surface area contributed by atoms with Gasteiger partial charge in [0, 0.05) is 27.8 Å². The fourth-order valence-electron chi connectivity index (χ4n) is 6.10. The smallest absolute Gasteiger partial charge is 0.136 e. The molecule has 0 amide bonds. The Morgan fingerprint density at radius 2 is 0.976 bits per heavy atom. The summed E-state index contributed by atoms with van der Waals surface area (Å²) in [6.07, 6.45) is 0. The molecule has 0 radical (unpaired) electrons. The third-order valence-corrected chi connectivity index (χ3v) is 8.03. The number of fused-ring (bicyclic) bond motifs is 5. The fraction of sp³-hybridized carbons (Fsp3) is 0.